The summed E-state index contributed by atoms with van der Waals surface area (Å²) in [7, 11) is -2.98. The number of halogens is 1. The van der Waals surface area contributed by atoms with Crippen LogP contribution < -0.4 is 24.4 Å². The molecule has 0 radical (unpaired) electrons. The Bertz CT molecular complexity index is 3450. The number of hydrogen-bond donors (Lipinski definition) is 4. The van der Waals surface area contributed by atoms with Crippen molar-refractivity contribution >= 4 is 55.0 Å². The number of methoxy groups -OCH3 is 1. The molecule has 2 saturated heterocycles. The van der Waals surface area contributed by atoms with Crippen LogP contribution in [0.4, 0.5) is 21.5 Å². The first kappa shape index (κ1) is 51.1. The molecule has 4 aliphatic rings. The highest BCUT2D eigenvalue weighted by Gasteiger charge is 2.55. The number of nitrogens with one attached hydrogen (secondary N) is 3. The number of carbonyl (C=O) groups is 1. The van der Waals surface area contributed by atoms with Gasteiger partial charge in [0.25, 0.3) is 21.6 Å². The lowest BCUT2D eigenvalue weighted by Gasteiger charge is -2.63. The van der Waals surface area contributed by atoms with Gasteiger partial charge in [0.2, 0.25) is 0 Å². The van der Waals surface area contributed by atoms with Gasteiger partial charge in [-0.3, -0.25) is 24.7 Å². The van der Waals surface area contributed by atoms with Crippen LogP contribution >= 0.6 is 0 Å². The van der Waals surface area contributed by atoms with Crippen molar-refractivity contribution in [1.82, 2.24) is 24.5 Å². The fourth-order valence-corrected chi connectivity index (χ4v) is 13.1. The summed E-state index contributed by atoms with van der Waals surface area (Å²) in [6.07, 6.45) is 9.02. The zero-order chi connectivity index (χ0) is 53.1. The van der Waals surface area contributed by atoms with Crippen molar-refractivity contribution in [2.45, 2.75) is 94.3 Å². The van der Waals surface area contributed by atoms with Crippen molar-refractivity contribution in [1.29, 1.82) is 0 Å². The molecule has 398 valence electrons. The van der Waals surface area contributed by atoms with E-state index in [2.05, 4.69) is 85.0 Å². The molecule has 0 unspecified atom stereocenters. The summed E-state index contributed by atoms with van der Waals surface area (Å²) in [5.74, 6) is -0.176. The highest BCUT2D eigenvalue weighted by atomic mass is 32.2. The van der Waals surface area contributed by atoms with Crippen LogP contribution in [0, 0.1) is 27.3 Å². The van der Waals surface area contributed by atoms with Crippen LogP contribution in [0.2, 0.25) is 0 Å². The molecule has 4 fully saturated rings. The molecule has 2 aliphatic carbocycles. The molecule has 2 aliphatic heterocycles. The molecular formula is C57H63FN8O9S. The fraction of sp³-hybridized carbons (Fsp3) is 0.404. The van der Waals surface area contributed by atoms with E-state index in [4.69, 9.17) is 13.9 Å². The number of ether oxygens (including phenoxy) is 2. The Morgan fingerprint density at radius 3 is 2.58 bits per heavy atom. The zero-order valence-electron chi connectivity index (χ0n) is 43.1. The van der Waals surface area contributed by atoms with Gasteiger partial charge < -0.3 is 34.2 Å². The number of sulfonamides is 1. The van der Waals surface area contributed by atoms with Crippen LogP contribution in [-0.2, 0) is 16.6 Å². The van der Waals surface area contributed by atoms with E-state index in [-0.39, 0.29) is 45.5 Å². The molecule has 2 saturated carbocycles. The third kappa shape index (κ3) is 10.2. The maximum Gasteiger partial charge on any atom is 0.293 e. The summed E-state index contributed by atoms with van der Waals surface area (Å²) < 4.78 is 62.2. The smallest absolute Gasteiger partial charge is 0.293 e. The minimum absolute atomic E-state index is 0.0112. The second-order valence-corrected chi connectivity index (χ2v) is 23.7. The number of benzene rings is 4. The highest BCUT2D eigenvalue weighted by Crippen LogP contribution is 2.54. The summed E-state index contributed by atoms with van der Waals surface area (Å²) in [4.78, 5) is 39.7. The third-order valence-corrected chi connectivity index (χ3v) is 17.6. The number of fused-ring (bicyclic) bond motifs is 2. The molecule has 17 nitrogen and oxygen atoms in total. The summed E-state index contributed by atoms with van der Waals surface area (Å²) in [6.45, 7) is 11.8. The van der Waals surface area contributed by atoms with Gasteiger partial charge in [-0.05, 0) is 123 Å². The Kier molecular flexibility index (Phi) is 13.5. The van der Waals surface area contributed by atoms with E-state index in [1.165, 1.54) is 53.3 Å². The zero-order valence-corrected chi connectivity index (χ0v) is 43.9. The van der Waals surface area contributed by atoms with Crippen molar-refractivity contribution in [2.24, 2.45) is 11.3 Å². The number of furan rings is 1. The van der Waals surface area contributed by atoms with Crippen molar-refractivity contribution < 1.29 is 41.5 Å². The molecule has 4 aromatic carbocycles. The normalized spacial score (nSPS) is 21.2. The Labute approximate surface area is 440 Å². The van der Waals surface area contributed by atoms with E-state index in [0.717, 1.165) is 93.4 Å². The molecule has 19 heteroatoms. The molecule has 11 rings (SSSR count). The Hall–Kier alpha value is -7.06. The lowest BCUT2D eigenvalue weighted by Crippen LogP contribution is -2.68. The van der Waals surface area contributed by atoms with Crippen molar-refractivity contribution in [3.05, 3.63) is 142 Å². The number of piperazine rings is 1. The lowest BCUT2D eigenvalue weighted by atomic mass is 9.59. The van der Waals surface area contributed by atoms with Crippen molar-refractivity contribution in [3.8, 4) is 17.2 Å². The fourth-order valence-electron chi connectivity index (χ4n) is 12.1. The van der Waals surface area contributed by atoms with Gasteiger partial charge in [-0.15, -0.1) is 0 Å². The predicted molar refractivity (Wildman–Crippen MR) is 287 cm³/mol. The quantitative estimate of drug-likeness (QED) is 0.0525. The van der Waals surface area contributed by atoms with E-state index < -0.39 is 42.9 Å². The molecule has 1 amide bonds. The number of aromatic nitrogens is 2. The van der Waals surface area contributed by atoms with Crippen LogP contribution in [-0.4, -0.2) is 102 Å². The molecule has 5 heterocycles. The summed E-state index contributed by atoms with van der Waals surface area (Å²) in [5, 5.41) is 26.9. The molecule has 76 heavy (non-hydrogen) atoms. The van der Waals surface area contributed by atoms with Gasteiger partial charge in [0.1, 0.15) is 28.7 Å². The van der Waals surface area contributed by atoms with E-state index in [1.54, 1.807) is 32.4 Å². The average Bonchev–Trinajstić information content (AvgIpc) is 4.05. The van der Waals surface area contributed by atoms with Crippen LogP contribution in [0.5, 0.6) is 17.2 Å². The minimum atomic E-state index is -4.65. The van der Waals surface area contributed by atoms with Gasteiger partial charge in [-0.25, -0.2) is 22.5 Å². The largest absolute Gasteiger partial charge is 0.493 e. The number of nitro benzene ring substituents is 1. The number of H-pyrrole nitrogens is 1. The third-order valence-electron chi connectivity index (χ3n) is 16.3. The Morgan fingerprint density at radius 2 is 1.82 bits per heavy atom. The van der Waals surface area contributed by atoms with Gasteiger partial charge in [0.15, 0.2) is 11.3 Å². The monoisotopic (exact) mass is 1050 g/mol. The van der Waals surface area contributed by atoms with Gasteiger partial charge in [-0.1, -0.05) is 38.1 Å². The Balaban J connectivity index is 0.798. The van der Waals surface area contributed by atoms with Crippen molar-refractivity contribution in [2.75, 3.05) is 56.6 Å². The van der Waals surface area contributed by atoms with E-state index in [0.29, 0.717) is 37.0 Å². The second-order valence-electron chi connectivity index (χ2n) is 22.0. The van der Waals surface area contributed by atoms with Gasteiger partial charge in [0, 0.05) is 92.7 Å². The molecule has 1 atom stereocenters. The summed E-state index contributed by atoms with van der Waals surface area (Å²) >= 11 is 0. The number of aromatic amines is 1. The number of amides is 1. The SMILES string of the molecule is COc1cc(CN2CCN(C3CC4(C3)CN(c3ccc(C(=O)NS(=O)(=O)c5ccc(NCC6CCC(C)(O)CC6)c([N+](=O)[O-])c5)c(Oc5cnc6[nH]cc(F)c6c5)c3)C4)[C@H](c3ccccc3C(C)C)C2)cc2ccoc12. The first-order valence-electron chi connectivity index (χ1n) is 26.1. The predicted octanol–water partition coefficient (Wildman–Crippen LogP) is 10.3. The number of rotatable bonds is 16. The number of aliphatic hydroxyl groups is 1. The maximum absolute atomic E-state index is 14.7. The number of pyridine rings is 1. The number of hydrogen-bond acceptors (Lipinski definition) is 14. The van der Waals surface area contributed by atoms with Crippen LogP contribution in [0.25, 0.3) is 22.0 Å². The van der Waals surface area contributed by atoms with E-state index >= 15 is 0 Å². The molecular weight excluding hydrogens is 992 g/mol. The number of carbonyl (C=O) groups excluding carboxylic acids is 1. The highest BCUT2D eigenvalue weighted by molar-refractivity contribution is 7.90. The van der Waals surface area contributed by atoms with Gasteiger partial charge >= 0.3 is 0 Å². The molecule has 3 aromatic heterocycles. The van der Waals surface area contributed by atoms with Crippen LogP contribution in [0.15, 0.2) is 113 Å². The number of nitro groups is 1. The first-order valence-corrected chi connectivity index (χ1v) is 27.5. The number of nitrogens with zero attached hydrogens (tertiary/aromatic N) is 5. The van der Waals surface area contributed by atoms with Gasteiger partial charge in [-0.2, -0.15) is 0 Å². The van der Waals surface area contributed by atoms with Crippen molar-refractivity contribution in [3.63, 3.8) is 0 Å². The first-order chi connectivity index (χ1) is 36.4. The summed E-state index contributed by atoms with van der Waals surface area (Å²) in [6, 6.07) is 25.5. The molecule has 4 N–H and O–H groups in total. The molecule has 1 spiro atoms. The van der Waals surface area contributed by atoms with Gasteiger partial charge in [0.05, 0.1) is 45.9 Å². The Morgan fingerprint density at radius 1 is 1.03 bits per heavy atom. The second kappa shape index (κ2) is 20.1. The molecule has 0 bridgehead atoms. The lowest BCUT2D eigenvalue weighted by molar-refractivity contribution is -0.384. The average molecular weight is 1060 g/mol. The number of anilines is 2. The van der Waals surface area contributed by atoms with E-state index in [9.17, 15) is 32.8 Å². The maximum atomic E-state index is 14.7. The van der Waals surface area contributed by atoms with E-state index in [1.807, 2.05) is 6.07 Å². The minimum Gasteiger partial charge on any atom is -0.493 e. The summed E-state index contributed by atoms with van der Waals surface area (Å²) in [5.41, 5.74) is 4.61. The molecule has 7 aromatic rings. The van der Waals surface area contributed by atoms with Crippen LogP contribution in [0.3, 0.4) is 0 Å². The topological polar surface area (TPSA) is 209 Å². The standard InChI is InChI=1S/C57H63FN8O9S/c1-35(2)43-7-5-6-8-44(43)50-32-63(31-37-21-38-15-20-74-53(38)52(22-37)73-4)18-19-65(50)40-26-57(27-40)33-64(34-57)39-9-11-45(51(23-39)75-41-24-46-47(58)30-61-54(46)60-29-41)55(67)62-76(71,72)42-10-12-48(49(25-42)66(69)70)59-28-36-13-16-56(3,68)17-14-36/h5-12,15,20-25,29-30,35-36,40,50,59,68H,13-14,16-19,26-28,31-34H2,1-4H3,(H,60,61)(H,62,67)/t36?,50-,56?/m0/s1. The van der Waals surface area contributed by atoms with Crippen LogP contribution in [0.1, 0.15) is 98.3 Å².